The molecular formula is C21H22N2O2S. The van der Waals surface area contributed by atoms with Crippen molar-refractivity contribution in [2.75, 3.05) is 12.9 Å². The summed E-state index contributed by atoms with van der Waals surface area (Å²) in [6, 6.07) is 17.5. The molecule has 0 spiro atoms. The summed E-state index contributed by atoms with van der Waals surface area (Å²) in [4.78, 5) is 19.3. The summed E-state index contributed by atoms with van der Waals surface area (Å²) in [5, 5.41) is 0.754. The molecule has 1 saturated heterocycles. The number of thioether (sulfide) groups is 1. The van der Waals surface area contributed by atoms with E-state index in [0.717, 1.165) is 34.3 Å². The van der Waals surface area contributed by atoms with Gasteiger partial charge in [-0.15, -0.1) is 0 Å². The number of hydrogen-bond acceptors (Lipinski definition) is 4. The average Bonchev–Trinajstić information content (AvgIpc) is 3.10. The molecule has 134 valence electrons. The number of ether oxygens (including phenoxy) is 1. The quantitative estimate of drug-likeness (QED) is 0.717. The van der Waals surface area contributed by atoms with Crippen LogP contribution in [0, 0.1) is 0 Å². The smallest absolute Gasteiger partial charge is 0.252 e. The van der Waals surface area contributed by atoms with E-state index >= 15 is 0 Å². The molecule has 2 aromatic carbocycles. The fourth-order valence-electron chi connectivity index (χ4n) is 2.71. The number of carbonyl (C=O) groups is 1. The van der Waals surface area contributed by atoms with Crippen molar-refractivity contribution >= 4 is 34.6 Å². The van der Waals surface area contributed by atoms with Crippen LogP contribution in [0.1, 0.15) is 18.9 Å². The lowest BCUT2D eigenvalue weighted by atomic mass is 10.2. The Kier molecular flexibility index (Phi) is 6.12. The normalized spacial score (nSPS) is 18.6. The Morgan fingerprint density at radius 2 is 1.96 bits per heavy atom. The summed E-state index contributed by atoms with van der Waals surface area (Å²) in [7, 11) is 1.64. The van der Waals surface area contributed by atoms with Crippen LogP contribution in [0.4, 0.5) is 5.69 Å². The van der Waals surface area contributed by atoms with Crippen molar-refractivity contribution < 1.29 is 9.53 Å². The highest BCUT2D eigenvalue weighted by Gasteiger charge is 2.32. The van der Waals surface area contributed by atoms with Crippen molar-refractivity contribution in [1.82, 2.24) is 4.90 Å². The van der Waals surface area contributed by atoms with Crippen molar-refractivity contribution in [1.29, 1.82) is 0 Å². The minimum Gasteiger partial charge on any atom is -0.497 e. The minimum atomic E-state index is -0.0297. The van der Waals surface area contributed by atoms with Crippen molar-refractivity contribution in [3.63, 3.8) is 0 Å². The molecule has 1 aliphatic heterocycles. The van der Waals surface area contributed by atoms with E-state index in [9.17, 15) is 4.79 Å². The number of nitrogens with zero attached hydrogens (tertiary/aromatic N) is 2. The van der Waals surface area contributed by atoms with E-state index in [0.29, 0.717) is 0 Å². The monoisotopic (exact) mass is 366 g/mol. The Balaban J connectivity index is 1.81. The maximum Gasteiger partial charge on any atom is 0.252 e. The Hall–Kier alpha value is -2.53. The molecule has 5 heteroatoms. The molecule has 0 bridgehead atoms. The maximum atomic E-state index is 12.8. The van der Waals surface area contributed by atoms with Crippen LogP contribution in [-0.4, -0.2) is 34.9 Å². The predicted octanol–water partition coefficient (Wildman–Crippen LogP) is 4.75. The molecule has 1 aliphatic rings. The van der Waals surface area contributed by atoms with E-state index in [1.165, 1.54) is 0 Å². The first-order valence-electron chi connectivity index (χ1n) is 8.63. The molecule has 1 fully saturated rings. The van der Waals surface area contributed by atoms with Gasteiger partial charge in [-0.25, -0.2) is 4.99 Å². The molecule has 1 atom stereocenters. The molecule has 2 aromatic rings. The molecule has 0 aromatic heterocycles. The molecule has 0 N–H and O–H groups in total. The van der Waals surface area contributed by atoms with Crippen LogP contribution in [0.15, 0.2) is 65.7 Å². The molecule has 1 heterocycles. The molecule has 3 rings (SSSR count). The van der Waals surface area contributed by atoms with Gasteiger partial charge in [0.05, 0.1) is 12.8 Å². The third-order valence-electron chi connectivity index (χ3n) is 4.20. The van der Waals surface area contributed by atoms with E-state index < -0.39 is 0 Å². The molecule has 0 unspecified atom stereocenters. The first-order chi connectivity index (χ1) is 12.7. The topological polar surface area (TPSA) is 41.9 Å². The zero-order valence-electron chi connectivity index (χ0n) is 15.0. The summed E-state index contributed by atoms with van der Waals surface area (Å²) in [5.74, 6) is 1.63. The van der Waals surface area contributed by atoms with Gasteiger partial charge >= 0.3 is 0 Å². The van der Waals surface area contributed by atoms with Gasteiger partial charge in [-0.3, -0.25) is 9.69 Å². The molecule has 0 radical (unpaired) electrons. The largest absolute Gasteiger partial charge is 0.497 e. The van der Waals surface area contributed by atoms with Crippen molar-refractivity contribution in [2.24, 2.45) is 4.99 Å². The van der Waals surface area contributed by atoms with Gasteiger partial charge in [-0.05, 0) is 42.3 Å². The van der Waals surface area contributed by atoms with Gasteiger partial charge < -0.3 is 4.74 Å². The second kappa shape index (κ2) is 8.72. The molecule has 26 heavy (non-hydrogen) atoms. The fourth-order valence-corrected chi connectivity index (χ4v) is 3.99. The van der Waals surface area contributed by atoms with Crippen molar-refractivity contribution in [3.05, 3.63) is 66.2 Å². The minimum absolute atomic E-state index is 0.0297. The summed E-state index contributed by atoms with van der Waals surface area (Å²) < 4.78 is 5.18. The number of benzene rings is 2. The van der Waals surface area contributed by atoms with Crippen LogP contribution in [0.2, 0.25) is 0 Å². The number of amides is 1. The van der Waals surface area contributed by atoms with Gasteiger partial charge in [0.2, 0.25) is 0 Å². The number of hydrogen-bond donors (Lipinski definition) is 0. The van der Waals surface area contributed by atoms with Crippen molar-refractivity contribution in [3.8, 4) is 5.75 Å². The fraction of sp³-hybridized carbons (Fsp3) is 0.238. The van der Waals surface area contributed by atoms with E-state index in [4.69, 9.17) is 4.74 Å². The van der Waals surface area contributed by atoms with Crippen molar-refractivity contribution in [2.45, 2.75) is 19.4 Å². The number of carbonyl (C=O) groups excluding carboxylic acids is 1. The Morgan fingerprint density at radius 1 is 1.23 bits per heavy atom. The first kappa shape index (κ1) is 18.3. The van der Waals surface area contributed by atoms with E-state index in [1.807, 2.05) is 65.6 Å². The van der Waals surface area contributed by atoms with E-state index in [2.05, 4.69) is 11.9 Å². The van der Waals surface area contributed by atoms with Gasteiger partial charge in [0.25, 0.3) is 5.91 Å². The van der Waals surface area contributed by atoms with Crippen LogP contribution in [-0.2, 0) is 4.79 Å². The Bertz CT molecular complexity index is 801. The summed E-state index contributed by atoms with van der Waals surface area (Å²) >= 11 is 1.63. The van der Waals surface area contributed by atoms with Crippen LogP contribution in [0.5, 0.6) is 5.75 Å². The Labute approximate surface area is 158 Å². The van der Waals surface area contributed by atoms with Crippen LogP contribution in [0.25, 0.3) is 6.08 Å². The average molecular weight is 366 g/mol. The van der Waals surface area contributed by atoms with Crippen LogP contribution < -0.4 is 4.74 Å². The van der Waals surface area contributed by atoms with Gasteiger partial charge in [-0.1, -0.05) is 49.0 Å². The predicted molar refractivity (Wildman–Crippen MR) is 109 cm³/mol. The van der Waals surface area contributed by atoms with Gasteiger partial charge in [0, 0.05) is 17.9 Å². The lowest BCUT2D eigenvalue weighted by Gasteiger charge is -2.21. The highest BCUT2D eigenvalue weighted by Crippen LogP contribution is 2.29. The second-order valence-electron chi connectivity index (χ2n) is 5.92. The lowest BCUT2D eigenvalue weighted by molar-refractivity contribution is -0.123. The lowest BCUT2D eigenvalue weighted by Crippen LogP contribution is -2.37. The summed E-state index contributed by atoms with van der Waals surface area (Å²) in [6.07, 6.45) is 4.38. The maximum absolute atomic E-state index is 12.8. The number of methoxy groups -OCH3 is 1. The molecule has 0 saturated carbocycles. The van der Waals surface area contributed by atoms with Crippen LogP contribution in [0.3, 0.4) is 0 Å². The highest BCUT2D eigenvalue weighted by atomic mass is 32.2. The van der Waals surface area contributed by atoms with Gasteiger partial charge in [0.1, 0.15) is 5.75 Å². The molecule has 4 nitrogen and oxygen atoms in total. The van der Waals surface area contributed by atoms with E-state index in [1.54, 1.807) is 24.9 Å². The SMILES string of the molecule is CC[C@@H]1CSC(=Nc2ccc(OC)cc2)N1C(=O)/C=C/c1ccccc1. The molecule has 1 amide bonds. The van der Waals surface area contributed by atoms with Gasteiger partial charge in [-0.2, -0.15) is 0 Å². The summed E-state index contributed by atoms with van der Waals surface area (Å²) in [6.45, 7) is 2.10. The second-order valence-corrected chi connectivity index (χ2v) is 6.90. The standard InChI is InChI=1S/C21H22N2O2S/c1-3-18-15-26-21(22-17-10-12-19(25-2)13-11-17)23(18)20(24)14-9-16-7-5-4-6-8-16/h4-14,18H,3,15H2,1-2H3/b14-9+,22-21?/t18-/m1/s1. The first-order valence-corrected chi connectivity index (χ1v) is 9.61. The van der Waals surface area contributed by atoms with E-state index in [-0.39, 0.29) is 11.9 Å². The number of aliphatic imine (C=N–C) groups is 1. The zero-order chi connectivity index (χ0) is 18.4. The molecule has 0 aliphatic carbocycles. The number of amidine groups is 1. The third-order valence-corrected chi connectivity index (χ3v) is 5.30. The van der Waals surface area contributed by atoms with Crippen LogP contribution >= 0.6 is 11.8 Å². The Morgan fingerprint density at radius 3 is 2.62 bits per heavy atom. The molecular weight excluding hydrogens is 344 g/mol. The highest BCUT2D eigenvalue weighted by molar-refractivity contribution is 8.14. The summed E-state index contributed by atoms with van der Waals surface area (Å²) in [5.41, 5.74) is 1.82. The van der Waals surface area contributed by atoms with Gasteiger partial charge in [0.15, 0.2) is 5.17 Å². The zero-order valence-corrected chi connectivity index (χ0v) is 15.8. The number of rotatable bonds is 5. The third kappa shape index (κ3) is 4.35.